The number of fused-ring (bicyclic) bond motifs is 1. The average Bonchev–Trinajstić information content (AvgIpc) is 3.28. The molecule has 0 aliphatic carbocycles. The molecule has 2 aromatic carbocycles. The lowest BCUT2D eigenvalue weighted by Crippen LogP contribution is -2.50. The molecule has 1 aliphatic rings. The number of nitriles is 1. The van der Waals surface area contributed by atoms with Gasteiger partial charge in [-0.15, -0.1) is 0 Å². The number of aliphatic hydroxyl groups excluding tert-OH is 2. The summed E-state index contributed by atoms with van der Waals surface area (Å²) in [4.78, 5) is 15.0. The van der Waals surface area contributed by atoms with Crippen LogP contribution >= 0.6 is 0 Å². The predicted molar refractivity (Wildman–Crippen MR) is 149 cm³/mol. The molecule has 3 N–H and O–H groups in total. The first-order valence-corrected chi connectivity index (χ1v) is 13.1. The third-order valence-corrected chi connectivity index (χ3v) is 7.34. The third kappa shape index (κ3) is 5.76. The van der Waals surface area contributed by atoms with Crippen LogP contribution in [0.25, 0.3) is 28.1 Å². The van der Waals surface area contributed by atoms with Gasteiger partial charge in [0.1, 0.15) is 17.7 Å². The Balaban J connectivity index is 1.49. The first-order chi connectivity index (χ1) is 18.2. The highest BCUT2D eigenvalue weighted by molar-refractivity contribution is 6.01. The third-order valence-electron chi connectivity index (χ3n) is 7.34. The maximum absolute atomic E-state index is 12.7. The molecular formula is C30H36N4O4. The van der Waals surface area contributed by atoms with Gasteiger partial charge in [-0.3, -0.25) is 4.79 Å². The van der Waals surface area contributed by atoms with Gasteiger partial charge in [-0.25, -0.2) is 0 Å². The molecule has 200 valence electrons. The van der Waals surface area contributed by atoms with E-state index in [2.05, 4.69) is 60.5 Å². The first-order valence-electron chi connectivity index (χ1n) is 13.1. The van der Waals surface area contributed by atoms with Crippen LogP contribution in [0.3, 0.4) is 0 Å². The Morgan fingerprint density at radius 1 is 1.16 bits per heavy atom. The van der Waals surface area contributed by atoms with Gasteiger partial charge >= 0.3 is 0 Å². The summed E-state index contributed by atoms with van der Waals surface area (Å²) in [6, 6.07) is 18.7. The van der Waals surface area contributed by atoms with Crippen LogP contribution in [0.4, 0.5) is 5.69 Å². The number of benzene rings is 2. The Morgan fingerprint density at radius 3 is 2.55 bits per heavy atom. The van der Waals surface area contributed by atoms with E-state index in [-0.39, 0.29) is 18.5 Å². The molecule has 4 atom stereocenters. The number of hydrogen-bond donors (Lipinski definition) is 3. The van der Waals surface area contributed by atoms with Gasteiger partial charge in [0.2, 0.25) is 0 Å². The second-order valence-electron chi connectivity index (χ2n) is 9.76. The summed E-state index contributed by atoms with van der Waals surface area (Å²) in [6.45, 7) is 8.05. The van der Waals surface area contributed by atoms with E-state index in [0.29, 0.717) is 0 Å². The van der Waals surface area contributed by atoms with Crippen molar-refractivity contribution in [3.8, 4) is 17.3 Å². The molecule has 4 rings (SSSR count). The molecule has 0 spiro atoms. The van der Waals surface area contributed by atoms with Crippen LogP contribution < -0.4 is 10.2 Å². The molecular weight excluding hydrogens is 480 g/mol. The maximum atomic E-state index is 12.7. The van der Waals surface area contributed by atoms with E-state index in [0.717, 1.165) is 35.4 Å². The Morgan fingerprint density at radius 2 is 1.87 bits per heavy atom. The topological polar surface area (TPSA) is 111 Å². The summed E-state index contributed by atoms with van der Waals surface area (Å²) in [5.41, 5.74) is 3.93. The second kappa shape index (κ2) is 11.8. The van der Waals surface area contributed by atoms with E-state index in [1.807, 2.05) is 29.8 Å². The Kier molecular flexibility index (Phi) is 8.52. The molecule has 0 saturated carbocycles. The van der Waals surface area contributed by atoms with Gasteiger partial charge in [0.25, 0.3) is 5.91 Å². The van der Waals surface area contributed by atoms with E-state index in [4.69, 9.17) is 4.74 Å². The molecule has 1 aliphatic heterocycles. The number of aliphatic hydroxyl groups is 2. The minimum absolute atomic E-state index is 0.0235. The fourth-order valence-corrected chi connectivity index (χ4v) is 5.03. The minimum Gasteiger partial charge on any atom is -0.390 e. The van der Waals surface area contributed by atoms with Crippen molar-refractivity contribution in [1.29, 1.82) is 5.26 Å². The SMILES string of the molecule is CCN(CC)c1ccc2cc(-c3ccc(C=C(C#N)C(=O)NCC4CC(O)C(O)C(C)O4)n3C)ccc2c1. The van der Waals surface area contributed by atoms with Crippen LogP contribution in [-0.2, 0) is 16.6 Å². The van der Waals surface area contributed by atoms with Gasteiger partial charge in [0.15, 0.2) is 0 Å². The predicted octanol–water partition coefficient (Wildman–Crippen LogP) is 3.61. The molecule has 1 fully saturated rings. The second-order valence-corrected chi connectivity index (χ2v) is 9.76. The van der Waals surface area contributed by atoms with Gasteiger partial charge < -0.3 is 29.7 Å². The van der Waals surface area contributed by atoms with Crippen LogP contribution in [0, 0.1) is 11.3 Å². The molecule has 8 nitrogen and oxygen atoms in total. The van der Waals surface area contributed by atoms with Gasteiger partial charge in [-0.2, -0.15) is 5.26 Å². The lowest BCUT2D eigenvalue weighted by Gasteiger charge is -2.35. The van der Waals surface area contributed by atoms with Crippen molar-refractivity contribution in [1.82, 2.24) is 9.88 Å². The van der Waals surface area contributed by atoms with Crippen molar-refractivity contribution < 1.29 is 19.7 Å². The van der Waals surface area contributed by atoms with Gasteiger partial charge in [-0.1, -0.05) is 18.2 Å². The zero-order valence-corrected chi connectivity index (χ0v) is 22.4. The Hall–Kier alpha value is -3.64. The first kappa shape index (κ1) is 27.4. The van der Waals surface area contributed by atoms with Crippen molar-refractivity contribution in [3.05, 3.63) is 59.8 Å². The number of nitrogens with one attached hydrogen (secondary N) is 1. The average molecular weight is 517 g/mol. The number of hydrogen-bond acceptors (Lipinski definition) is 6. The zero-order valence-electron chi connectivity index (χ0n) is 22.4. The Labute approximate surface area is 223 Å². The summed E-state index contributed by atoms with van der Waals surface area (Å²) < 4.78 is 7.61. The van der Waals surface area contributed by atoms with E-state index in [1.54, 1.807) is 13.0 Å². The lowest BCUT2D eigenvalue weighted by molar-refractivity contribution is -0.160. The summed E-state index contributed by atoms with van der Waals surface area (Å²) in [6.07, 6.45) is -1.05. The standard InChI is InChI=1S/C30H36N4O4/c1-5-34(6-2)25-10-9-20-13-22(8-7-21(20)14-25)27-12-11-24(33(27)4)15-23(17-31)30(37)32-18-26-16-28(35)29(36)19(3)38-26/h7-15,19,26,28-29,35-36H,5-6,16,18H2,1-4H3,(H,32,37). The van der Waals surface area contributed by atoms with E-state index in [1.165, 1.54) is 11.1 Å². The zero-order chi connectivity index (χ0) is 27.4. The molecule has 1 amide bonds. The number of ether oxygens (including phenoxy) is 1. The van der Waals surface area contributed by atoms with Crippen molar-refractivity contribution >= 4 is 28.4 Å². The van der Waals surface area contributed by atoms with Crippen LogP contribution in [0.2, 0.25) is 0 Å². The summed E-state index contributed by atoms with van der Waals surface area (Å²) in [7, 11) is 1.91. The lowest BCUT2D eigenvalue weighted by atomic mass is 9.98. The van der Waals surface area contributed by atoms with Gasteiger partial charge in [0, 0.05) is 50.2 Å². The number of nitrogens with zero attached hydrogens (tertiary/aromatic N) is 3. The number of rotatable bonds is 8. The van der Waals surface area contributed by atoms with Crippen LogP contribution in [-0.4, -0.2) is 64.7 Å². The molecule has 3 aromatic rings. The summed E-state index contributed by atoms with van der Waals surface area (Å²) >= 11 is 0. The number of carbonyl (C=O) groups excluding carboxylic acids is 1. The number of aromatic nitrogens is 1. The largest absolute Gasteiger partial charge is 0.390 e. The van der Waals surface area contributed by atoms with E-state index in [9.17, 15) is 20.3 Å². The van der Waals surface area contributed by atoms with E-state index < -0.39 is 30.3 Å². The minimum atomic E-state index is -0.949. The fourth-order valence-electron chi connectivity index (χ4n) is 5.03. The number of amides is 1. The Bertz CT molecular complexity index is 1360. The normalized spacial score (nSPS) is 21.8. The van der Waals surface area contributed by atoms with Crippen LogP contribution in [0.1, 0.15) is 32.9 Å². The number of anilines is 1. The van der Waals surface area contributed by atoms with E-state index >= 15 is 0 Å². The quantitative estimate of drug-likeness (QED) is 0.312. The molecule has 1 saturated heterocycles. The van der Waals surface area contributed by atoms with Crippen molar-refractivity contribution in [2.75, 3.05) is 24.5 Å². The highest BCUT2D eigenvalue weighted by atomic mass is 16.5. The van der Waals surface area contributed by atoms with Crippen LogP contribution in [0.15, 0.2) is 54.1 Å². The monoisotopic (exact) mass is 516 g/mol. The molecule has 0 bridgehead atoms. The molecule has 0 radical (unpaired) electrons. The molecule has 4 unspecified atom stereocenters. The van der Waals surface area contributed by atoms with Crippen molar-refractivity contribution in [3.63, 3.8) is 0 Å². The molecule has 38 heavy (non-hydrogen) atoms. The molecule has 2 heterocycles. The maximum Gasteiger partial charge on any atom is 0.262 e. The van der Waals surface area contributed by atoms with Crippen molar-refractivity contribution in [2.45, 2.75) is 51.6 Å². The number of carbonyl (C=O) groups is 1. The smallest absolute Gasteiger partial charge is 0.262 e. The summed E-state index contributed by atoms with van der Waals surface area (Å²) in [5.74, 6) is -0.512. The van der Waals surface area contributed by atoms with Gasteiger partial charge in [-0.05, 0) is 73.5 Å². The van der Waals surface area contributed by atoms with Crippen molar-refractivity contribution in [2.24, 2.45) is 7.05 Å². The van der Waals surface area contributed by atoms with Gasteiger partial charge in [0.05, 0.1) is 18.3 Å². The fraction of sp³-hybridized carbons (Fsp3) is 0.400. The molecule has 8 heteroatoms. The highest BCUT2D eigenvalue weighted by Crippen LogP contribution is 2.29. The summed E-state index contributed by atoms with van der Waals surface area (Å²) in [5, 5.41) is 34.5. The van der Waals surface area contributed by atoms with Crippen LogP contribution in [0.5, 0.6) is 0 Å². The molecule has 1 aromatic heterocycles. The highest BCUT2D eigenvalue weighted by Gasteiger charge is 2.34.